The number of benzene rings is 1. The van der Waals surface area contributed by atoms with Crippen LogP contribution in [0.2, 0.25) is 0 Å². The number of ether oxygens (including phenoxy) is 2. The van der Waals surface area contributed by atoms with Crippen molar-refractivity contribution in [3.8, 4) is 11.5 Å². The lowest BCUT2D eigenvalue weighted by Crippen LogP contribution is -2.51. The number of halogens is 3. The van der Waals surface area contributed by atoms with Crippen molar-refractivity contribution in [1.82, 2.24) is 18.9 Å². The molecule has 210 valence electrons. The number of nitrogens with zero attached hydrogens (tertiary/aromatic N) is 6. The van der Waals surface area contributed by atoms with Gasteiger partial charge in [-0.1, -0.05) is 6.07 Å². The molecule has 1 N–H and O–H groups in total. The number of rotatable bonds is 9. The summed E-state index contributed by atoms with van der Waals surface area (Å²) in [6.45, 7) is 4.37. The maximum Gasteiger partial charge on any atom is 0.573 e. The van der Waals surface area contributed by atoms with Gasteiger partial charge in [0.1, 0.15) is 23.0 Å². The molecule has 1 unspecified atom stereocenters. The lowest BCUT2D eigenvalue weighted by molar-refractivity contribution is -0.274. The quantitative estimate of drug-likeness (QED) is 0.491. The van der Waals surface area contributed by atoms with Gasteiger partial charge in [-0.25, -0.2) is 4.79 Å². The Morgan fingerprint density at radius 1 is 1.00 bits per heavy atom. The van der Waals surface area contributed by atoms with E-state index in [2.05, 4.69) is 21.6 Å². The molecule has 38 heavy (non-hydrogen) atoms. The van der Waals surface area contributed by atoms with Crippen molar-refractivity contribution in [2.75, 3.05) is 69.8 Å². The molecule has 2 aromatic rings. The predicted octanol–water partition coefficient (Wildman–Crippen LogP) is 0.694. The first-order chi connectivity index (χ1) is 18.0. The number of aliphatic hydroxyl groups is 1. The highest BCUT2D eigenvalue weighted by Gasteiger charge is 2.41. The highest BCUT2D eigenvalue weighted by molar-refractivity contribution is 5.73. The van der Waals surface area contributed by atoms with Crippen molar-refractivity contribution < 1.29 is 27.8 Å². The molecule has 3 heterocycles. The van der Waals surface area contributed by atoms with Gasteiger partial charge in [0.25, 0.3) is 11.9 Å². The Kier molecular flexibility index (Phi) is 8.23. The summed E-state index contributed by atoms with van der Waals surface area (Å²) in [6.07, 6.45) is -5.53. The molecule has 4 rings (SSSR count). The third kappa shape index (κ3) is 5.92. The summed E-state index contributed by atoms with van der Waals surface area (Å²) in [5, 5.41) is 9.26. The fraction of sp³-hybridized carbons (Fsp3) is 0.583. The molecule has 0 amide bonds. The number of piperazine rings is 1. The molecule has 11 nitrogen and oxygen atoms in total. The first-order valence-electron chi connectivity index (χ1n) is 12.4. The van der Waals surface area contributed by atoms with Crippen molar-refractivity contribution in [2.45, 2.75) is 25.7 Å². The van der Waals surface area contributed by atoms with Crippen LogP contribution >= 0.6 is 0 Å². The normalized spacial score (nSPS) is 18.7. The van der Waals surface area contributed by atoms with E-state index >= 15 is 0 Å². The fourth-order valence-corrected chi connectivity index (χ4v) is 4.80. The molecule has 1 aromatic heterocycles. The average molecular weight is 543 g/mol. The molecule has 2 aliphatic heterocycles. The zero-order valence-electron chi connectivity index (χ0n) is 21.6. The molecule has 1 saturated heterocycles. The van der Waals surface area contributed by atoms with E-state index in [1.165, 1.54) is 22.8 Å². The zero-order valence-corrected chi connectivity index (χ0v) is 21.6. The maximum absolute atomic E-state index is 13.6. The van der Waals surface area contributed by atoms with Gasteiger partial charge in [0.05, 0.1) is 0 Å². The first kappa shape index (κ1) is 27.8. The lowest BCUT2D eigenvalue weighted by atomic mass is 10.3. The lowest BCUT2D eigenvalue weighted by Gasteiger charge is -2.35. The monoisotopic (exact) mass is 542 g/mol. The zero-order chi connectivity index (χ0) is 27.6. The average Bonchev–Trinajstić information content (AvgIpc) is 3.13. The SMILES string of the molecule is CN1CCN(CCN2c3c(n(C)c(=O)n(CCCO)c3=O)N(C)C2Oc2cccc(OC(F)(F)F)c2)CC1. The van der Waals surface area contributed by atoms with E-state index in [0.29, 0.717) is 18.9 Å². The van der Waals surface area contributed by atoms with E-state index in [0.717, 1.165) is 36.8 Å². The molecule has 0 aliphatic carbocycles. The summed E-state index contributed by atoms with van der Waals surface area (Å²) in [5.74, 6) is 0.00819. The third-order valence-corrected chi connectivity index (χ3v) is 6.79. The van der Waals surface area contributed by atoms with Gasteiger partial charge < -0.3 is 29.3 Å². The van der Waals surface area contributed by atoms with Crippen LogP contribution < -0.4 is 30.5 Å². The van der Waals surface area contributed by atoms with Crippen LogP contribution in [0, 0.1) is 0 Å². The van der Waals surface area contributed by atoms with E-state index in [1.54, 1.807) is 23.9 Å². The molecular weight excluding hydrogens is 509 g/mol. The summed E-state index contributed by atoms with van der Waals surface area (Å²) in [4.78, 5) is 34.4. The first-order valence-corrected chi connectivity index (χ1v) is 12.4. The fourth-order valence-electron chi connectivity index (χ4n) is 4.80. The van der Waals surface area contributed by atoms with Crippen molar-refractivity contribution in [3.63, 3.8) is 0 Å². The number of hydrogen-bond donors (Lipinski definition) is 1. The van der Waals surface area contributed by atoms with Gasteiger partial charge in [0.15, 0.2) is 0 Å². The number of hydrogen-bond acceptors (Lipinski definition) is 9. The number of alkyl halides is 3. The summed E-state index contributed by atoms with van der Waals surface area (Å²) >= 11 is 0. The third-order valence-electron chi connectivity index (χ3n) is 6.79. The van der Waals surface area contributed by atoms with Crippen LogP contribution in [-0.4, -0.2) is 96.7 Å². The van der Waals surface area contributed by atoms with Crippen LogP contribution in [0.15, 0.2) is 33.9 Å². The summed E-state index contributed by atoms with van der Waals surface area (Å²) in [7, 11) is 5.26. The van der Waals surface area contributed by atoms with Crippen LogP contribution in [0.3, 0.4) is 0 Å². The van der Waals surface area contributed by atoms with Crippen LogP contribution in [0.1, 0.15) is 6.42 Å². The number of aromatic nitrogens is 2. The largest absolute Gasteiger partial charge is 0.573 e. The van der Waals surface area contributed by atoms with Gasteiger partial charge >= 0.3 is 12.1 Å². The Balaban J connectivity index is 1.69. The second kappa shape index (κ2) is 11.3. The van der Waals surface area contributed by atoms with E-state index in [9.17, 15) is 27.9 Å². The molecule has 0 bridgehead atoms. The van der Waals surface area contributed by atoms with E-state index in [4.69, 9.17) is 4.74 Å². The molecule has 1 aromatic carbocycles. The van der Waals surface area contributed by atoms with Gasteiger partial charge in [-0.3, -0.25) is 18.8 Å². The second-order valence-electron chi connectivity index (χ2n) is 9.46. The van der Waals surface area contributed by atoms with Crippen LogP contribution in [-0.2, 0) is 13.6 Å². The van der Waals surface area contributed by atoms with Gasteiger partial charge in [-0.05, 0) is 25.6 Å². The minimum absolute atomic E-state index is 0.0493. The van der Waals surface area contributed by atoms with Crippen LogP contribution in [0.4, 0.5) is 24.7 Å². The Morgan fingerprint density at radius 3 is 2.34 bits per heavy atom. The summed E-state index contributed by atoms with van der Waals surface area (Å²) in [6, 6.07) is 5.17. The minimum Gasteiger partial charge on any atom is -0.452 e. The number of aliphatic hydroxyl groups excluding tert-OH is 1. The topological polar surface area (TPSA) is 95.6 Å². The minimum atomic E-state index is -4.86. The van der Waals surface area contributed by atoms with Gasteiger partial charge in [-0.2, -0.15) is 0 Å². The standard InChI is InChI=1S/C24H33F3N6O5/c1-28-9-11-31(12-10-28)13-14-32-19-20(29(2)22(36)33(21(19)35)8-5-15-34)30(3)23(32)37-17-6-4-7-18(16-17)38-24(25,26)27/h4,6-7,16,23,34H,5,8-15H2,1-3H3. The van der Waals surface area contributed by atoms with Crippen LogP contribution in [0.25, 0.3) is 0 Å². The van der Waals surface area contributed by atoms with E-state index in [-0.39, 0.29) is 31.0 Å². The molecule has 0 spiro atoms. The molecule has 1 fully saturated rings. The molecule has 1 atom stereocenters. The summed E-state index contributed by atoms with van der Waals surface area (Å²) < 4.78 is 50.9. The Hall–Kier alpha value is -3.23. The van der Waals surface area contributed by atoms with Crippen molar-refractivity contribution in [3.05, 3.63) is 45.1 Å². The highest BCUT2D eigenvalue weighted by atomic mass is 19.4. The number of likely N-dealkylation sites (N-methyl/N-ethyl adjacent to an activating group) is 1. The second-order valence-corrected chi connectivity index (χ2v) is 9.46. The molecule has 2 aliphatic rings. The molecule has 0 radical (unpaired) electrons. The Bertz CT molecular complexity index is 1240. The predicted molar refractivity (Wildman–Crippen MR) is 135 cm³/mol. The van der Waals surface area contributed by atoms with Gasteiger partial charge in [0.2, 0.25) is 0 Å². The van der Waals surface area contributed by atoms with Crippen LogP contribution in [0.5, 0.6) is 11.5 Å². The maximum atomic E-state index is 13.6. The Labute approximate surface area is 217 Å². The molecular formula is C24H33F3N6O5. The molecule has 0 saturated carbocycles. The number of fused-ring (bicyclic) bond motifs is 1. The highest BCUT2D eigenvalue weighted by Crippen LogP contribution is 2.36. The summed E-state index contributed by atoms with van der Waals surface area (Å²) in [5.41, 5.74) is -0.786. The van der Waals surface area contributed by atoms with Crippen molar-refractivity contribution >= 4 is 11.5 Å². The van der Waals surface area contributed by atoms with Gasteiger partial charge in [-0.15, -0.1) is 13.2 Å². The van der Waals surface area contributed by atoms with Gasteiger partial charge in [0, 0.05) is 72.6 Å². The molecule has 14 heteroatoms. The van der Waals surface area contributed by atoms with Crippen molar-refractivity contribution in [2.24, 2.45) is 7.05 Å². The Morgan fingerprint density at radius 2 is 1.68 bits per heavy atom. The van der Waals surface area contributed by atoms with Crippen molar-refractivity contribution in [1.29, 1.82) is 0 Å². The van der Waals surface area contributed by atoms with E-state index in [1.807, 2.05) is 0 Å². The van der Waals surface area contributed by atoms with E-state index < -0.39 is 29.7 Å². The smallest absolute Gasteiger partial charge is 0.452 e. The number of anilines is 2.